The maximum absolute atomic E-state index is 12.1. The third-order valence-electron chi connectivity index (χ3n) is 3.90. The second-order valence-corrected chi connectivity index (χ2v) is 5.83. The van der Waals surface area contributed by atoms with E-state index < -0.39 is 0 Å². The zero-order valence-electron chi connectivity index (χ0n) is 11.7. The van der Waals surface area contributed by atoms with Crippen molar-refractivity contribution in [2.45, 2.75) is 45.4 Å². The summed E-state index contributed by atoms with van der Waals surface area (Å²) in [5, 5.41) is 0. The Hall–Kier alpha value is -0.650. The molecule has 2 amide bonds. The molecule has 2 heterocycles. The summed E-state index contributed by atoms with van der Waals surface area (Å²) in [6, 6.07) is -0.0712. The van der Waals surface area contributed by atoms with Crippen LogP contribution in [0.25, 0.3) is 0 Å². The zero-order chi connectivity index (χ0) is 14.3. The summed E-state index contributed by atoms with van der Waals surface area (Å²) >= 11 is 12.9. The van der Waals surface area contributed by atoms with Gasteiger partial charge in [0.05, 0.1) is 5.70 Å². The van der Waals surface area contributed by atoms with Crippen molar-refractivity contribution in [3.8, 4) is 0 Å². The minimum absolute atomic E-state index is 0.0712. The smallest absolute Gasteiger partial charge is 0.305 e. The molecule has 0 aromatic heterocycles. The molecule has 2 aliphatic rings. The van der Waals surface area contributed by atoms with Crippen LogP contribution >= 0.6 is 23.6 Å². The van der Waals surface area contributed by atoms with Crippen LogP contribution in [0, 0.1) is 0 Å². The number of halogens is 2. The van der Waals surface area contributed by atoms with Crippen molar-refractivity contribution in [1.29, 1.82) is 0 Å². The fraction of sp³-hybridized carbons (Fsp3) is 0.750. The summed E-state index contributed by atoms with van der Waals surface area (Å²) in [6.45, 7) is 4.03. The molecule has 2 aliphatic heterocycles. The van der Waals surface area contributed by atoms with Crippen molar-refractivity contribution in [2.75, 3.05) is 14.1 Å². The number of carbonyl (C=O) groups is 1. The number of likely N-dealkylation sites (N-methyl/N-ethyl adjacent to an activating group) is 1. The van der Waals surface area contributed by atoms with E-state index >= 15 is 0 Å². The molecule has 1 saturated heterocycles. The van der Waals surface area contributed by atoms with E-state index in [0.717, 1.165) is 30.7 Å². The lowest BCUT2D eigenvalue weighted by molar-refractivity contribution is 0.128. The third kappa shape index (κ3) is 2.18. The van der Waals surface area contributed by atoms with Gasteiger partial charge in [-0.1, -0.05) is 19.8 Å². The molecular weight excluding hydrogens is 287 g/mol. The normalized spacial score (nSPS) is 28.5. The van der Waals surface area contributed by atoms with Gasteiger partial charge in [-0.2, -0.15) is 4.42 Å². The monoisotopic (exact) mass is 306 g/mol. The quantitative estimate of drug-likeness (QED) is 0.751. The number of urea groups is 1. The van der Waals surface area contributed by atoms with Crippen molar-refractivity contribution in [3.63, 3.8) is 0 Å². The Kier molecular flexibility index (Phi) is 4.18. The first-order chi connectivity index (χ1) is 8.91. The summed E-state index contributed by atoms with van der Waals surface area (Å²) in [4.78, 5) is 15.3. The summed E-state index contributed by atoms with van der Waals surface area (Å²) in [6.07, 6.45) is 2.64. The Labute approximate surface area is 124 Å². The molecule has 108 valence electrons. The minimum Gasteiger partial charge on any atom is -0.305 e. The average molecular weight is 307 g/mol. The van der Waals surface area contributed by atoms with E-state index in [1.807, 2.05) is 6.92 Å². The minimum atomic E-state index is -0.287. The number of unbranched alkanes of at least 4 members (excludes halogenated alkanes) is 1. The number of hydrogen-bond acceptors (Lipinski definition) is 3. The Morgan fingerprint density at radius 3 is 2.47 bits per heavy atom. The number of allylic oxidation sites excluding steroid dienone is 1. The molecule has 7 heteroatoms. The molecule has 0 N–H and O–H groups in total. The van der Waals surface area contributed by atoms with Crippen LogP contribution in [0.1, 0.15) is 33.1 Å². The molecule has 0 aliphatic carbocycles. The van der Waals surface area contributed by atoms with Crippen LogP contribution in [-0.2, 0) is 0 Å². The molecule has 19 heavy (non-hydrogen) atoms. The van der Waals surface area contributed by atoms with Crippen molar-refractivity contribution < 1.29 is 4.79 Å². The molecule has 5 nitrogen and oxygen atoms in total. The highest BCUT2D eigenvalue weighted by Crippen LogP contribution is 2.41. The second kappa shape index (κ2) is 5.38. The molecule has 0 aromatic carbocycles. The zero-order valence-corrected chi connectivity index (χ0v) is 13.2. The summed E-state index contributed by atoms with van der Waals surface area (Å²) in [7, 11) is 3.50. The Morgan fingerprint density at radius 2 is 1.89 bits per heavy atom. The predicted octanol–water partition coefficient (Wildman–Crippen LogP) is 2.98. The van der Waals surface area contributed by atoms with Gasteiger partial charge < -0.3 is 4.90 Å². The predicted molar refractivity (Wildman–Crippen MR) is 76.1 cm³/mol. The van der Waals surface area contributed by atoms with Gasteiger partial charge in [0.2, 0.25) is 0 Å². The maximum Gasteiger partial charge on any atom is 0.325 e. The van der Waals surface area contributed by atoms with E-state index in [1.165, 1.54) is 0 Å². The number of nitrogens with zero attached hydrogens (tertiary/aromatic N) is 4. The number of fused-ring (bicyclic) bond motifs is 1. The maximum atomic E-state index is 12.1. The van der Waals surface area contributed by atoms with Gasteiger partial charge in [-0.15, -0.1) is 0 Å². The summed E-state index contributed by atoms with van der Waals surface area (Å²) < 4.78 is 3.34. The van der Waals surface area contributed by atoms with Crippen LogP contribution < -0.4 is 0 Å². The number of rotatable bonds is 3. The average Bonchev–Trinajstić information content (AvgIpc) is 2.63. The van der Waals surface area contributed by atoms with Crippen LogP contribution in [0.15, 0.2) is 11.4 Å². The lowest BCUT2D eigenvalue weighted by atomic mass is 10.2. The molecule has 0 spiro atoms. The van der Waals surface area contributed by atoms with E-state index in [-0.39, 0.29) is 18.4 Å². The molecule has 0 aromatic rings. The fourth-order valence-electron chi connectivity index (χ4n) is 2.62. The number of amides is 2. The highest BCUT2D eigenvalue weighted by atomic mass is 35.5. The van der Waals surface area contributed by atoms with E-state index in [2.05, 4.69) is 6.92 Å². The van der Waals surface area contributed by atoms with Gasteiger partial charge in [-0.05, 0) is 25.1 Å². The van der Waals surface area contributed by atoms with Gasteiger partial charge in [0.25, 0.3) is 0 Å². The lowest BCUT2D eigenvalue weighted by Crippen LogP contribution is -2.52. The molecule has 0 radical (unpaired) electrons. The topological polar surface area (TPSA) is 30.0 Å². The van der Waals surface area contributed by atoms with Crippen molar-refractivity contribution >= 4 is 29.6 Å². The molecule has 2 atom stereocenters. The van der Waals surface area contributed by atoms with Crippen LogP contribution in [-0.4, -0.2) is 51.1 Å². The summed E-state index contributed by atoms with van der Waals surface area (Å²) in [5.74, 6) is 0. The van der Waals surface area contributed by atoms with Gasteiger partial charge >= 0.3 is 6.03 Å². The van der Waals surface area contributed by atoms with E-state index in [0.29, 0.717) is 0 Å². The first kappa shape index (κ1) is 14.8. The molecule has 1 fully saturated rings. The standard InChI is InChI=1S/C12H20Cl2N4O/c1-5-6-7-9-17(13)10-8(2)15(3)12(19)16(4)11(10)18(9)14/h9,11H,5-7H2,1-4H3. The third-order valence-corrected chi connectivity index (χ3v) is 4.72. The molecule has 0 saturated carbocycles. The Bertz CT molecular complexity index is 415. The van der Waals surface area contributed by atoms with Gasteiger partial charge in [-0.3, -0.25) is 9.32 Å². The highest BCUT2D eigenvalue weighted by molar-refractivity contribution is 6.18. The summed E-state index contributed by atoms with van der Waals surface area (Å²) in [5.41, 5.74) is 1.75. The van der Waals surface area contributed by atoms with Crippen molar-refractivity contribution in [1.82, 2.24) is 18.6 Å². The first-order valence-electron chi connectivity index (χ1n) is 6.52. The Balaban J connectivity index is 2.36. The van der Waals surface area contributed by atoms with Crippen LogP contribution in [0.4, 0.5) is 4.79 Å². The molecule has 2 unspecified atom stereocenters. The van der Waals surface area contributed by atoms with Gasteiger partial charge in [0.1, 0.15) is 12.3 Å². The lowest BCUT2D eigenvalue weighted by Gasteiger charge is -2.38. The SMILES string of the molecule is CCCCC1N(Cl)C2=C(C)N(C)C(=O)N(C)C2N1Cl. The second-order valence-electron chi connectivity index (χ2n) is 5.08. The van der Waals surface area contributed by atoms with Crippen molar-refractivity contribution in [3.05, 3.63) is 11.4 Å². The molecular formula is C12H20Cl2N4O. The van der Waals surface area contributed by atoms with Gasteiger partial charge in [0, 0.05) is 31.6 Å². The van der Waals surface area contributed by atoms with E-state index in [1.54, 1.807) is 32.7 Å². The largest absolute Gasteiger partial charge is 0.325 e. The fourth-order valence-corrected chi connectivity index (χ4v) is 3.47. The van der Waals surface area contributed by atoms with Crippen LogP contribution in [0.3, 0.4) is 0 Å². The highest BCUT2D eigenvalue weighted by Gasteiger charge is 2.49. The van der Waals surface area contributed by atoms with E-state index in [9.17, 15) is 4.79 Å². The number of carbonyl (C=O) groups excluding carboxylic acids is 1. The van der Waals surface area contributed by atoms with Crippen LogP contribution in [0.5, 0.6) is 0 Å². The Morgan fingerprint density at radius 1 is 1.26 bits per heavy atom. The molecule has 2 rings (SSSR count). The van der Waals surface area contributed by atoms with Gasteiger partial charge in [0.15, 0.2) is 0 Å². The van der Waals surface area contributed by atoms with E-state index in [4.69, 9.17) is 23.6 Å². The van der Waals surface area contributed by atoms with Gasteiger partial charge in [-0.25, -0.2) is 4.79 Å². The molecule has 0 bridgehead atoms. The first-order valence-corrected chi connectivity index (χ1v) is 7.19. The number of hydrogen-bond donors (Lipinski definition) is 0. The van der Waals surface area contributed by atoms with Crippen molar-refractivity contribution in [2.24, 2.45) is 0 Å². The van der Waals surface area contributed by atoms with Crippen LogP contribution in [0.2, 0.25) is 0 Å².